The molecule has 0 aliphatic heterocycles. The number of thioether (sulfide) groups is 1. The fourth-order valence-corrected chi connectivity index (χ4v) is 4.07. The van der Waals surface area contributed by atoms with Crippen molar-refractivity contribution in [2.45, 2.75) is 5.03 Å². The molecule has 0 radical (unpaired) electrons. The Balaban J connectivity index is 1.76. The first kappa shape index (κ1) is 19.6. The average molecular weight is 407 g/mol. The Kier molecular flexibility index (Phi) is 6.03. The number of benzene rings is 3. The van der Waals surface area contributed by atoms with Crippen LogP contribution in [0.25, 0.3) is 22.4 Å². The lowest BCUT2D eigenvalue weighted by Crippen LogP contribution is -2.03. The summed E-state index contributed by atoms with van der Waals surface area (Å²) < 4.78 is 0. The van der Waals surface area contributed by atoms with Crippen LogP contribution in [0.3, 0.4) is 0 Å². The minimum absolute atomic E-state index is 0.0117. The van der Waals surface area contributed by atoms with Gasteiger partial charge < -0.3 is 0 Å². The number of hydrogen-bond donors (Lipinski definition) is 0. The zero-order valence-corrected chi connectivity index (χ0v) is 17.0. The molecule has 0 fully saturated rings. The maximum atomic E-state index is 12.6. The van der Waals surface area contributed by atoms with Crippen molar-refractivity contribution < 1.29 is 4.79 Å². The van der Waals surface area contributed by atoms with E-state index in [-0.39, 0.29) is 11.5 Å². The molecule has 0 spiro atoms. The molecule has 0 unspecified atom stereocenters. The smallest absolute Gasteiger partial charge is 0.173 e. The van der Waals surface area contributed by atoms with E-state index in [9.17, 15) is 10.1 Å². The second-order valence-corrected chi connectivity index (χ2v) is 7.62. The predicted octanol–water partition coefficient (Wildman–Crippen LogP) is 6.26. The van der Waals surface area contributed by atoms with Crippen LogP contribution in [0.15, 0.2) is 102 Å². The minimum Gasteiger partial charge on any atom is -0.293 e. The van der Waals surface area contributed by atoms with Gasteiger partial charge in [0.05, 0.1) is 17.0 Å². The highest BCUT2D eigenvalue weighted by molar-refractivity contribution is 8.00. The Morgan fingerprint density at radius 1 is 0.833 bits per heavy atom. The highest BCUT2D eigenvalue weighted by atomic mass is 32.2. The molecule has 0 aliphatic carbocycles. The molecule has 0 saturated carbocycles. The van der Waals surface area contributed by atoms with Gasteiger partial charge in [-0.05, 0) is 11.6 Å². The van der Waals surface area contributed by atoms with E-state index >= 15 is 0 Å². The van der Waals surface area contributed by atoms with Crippen LogP contribution >= 0.6 is 11.8 Å². The van der Waals surface area contributed by atoms with Crippen LogP contribution in [-0.2, 0) is 0 Å². The second-order valence-electron chi connectivity index (χ2n) is 6.66. The summed E-state index contributed by atoms with van der Waals surface area (Å²) >= 11 is 1.31. The Morgan fingerprint density at radius 2 is 1.40 bits per heavy atom. The molecule has 30 heavy (non-hydrogen) atoms. The summed E-state index contributed by atoms with van der Waals surface area (Å²) in [6.45, 7) is 0. The van der Waals surface area contributed by atoms with Crippen molar-refractivity contribution >= 4 is 17.5 Å². The van der Waals surface area contributed by atoms with Gasteiger partial charge >= 0.3 is 0 Å². The van der Waals surface area contributed by atoms with Crippen LogP contribution in [0.2, 0.25) is 0 Å². The maximum absolute atomic E-state index is 12.6. The lowest BCUT2D eigenvalue weighted by Gasteiger charge is -2.12. The molecule has 0 atom stereocenters. The van der Waals surface area contributed by atoms with Gasteiger partial charge in [0.15, 0.2) is 5.78 Å². The second kappa shape index (κ2) is 9.21. The van der Waals surface area contributed by atoms with E-state index in [1.165, 1.54) is 11.8 Å². The van der Waals surface area contributed by atoms with Gasteiger partial charge in [-0.1, -0.05) is 103 Å². The first-order valence-corrected chi connectivity index (χ1v) is 10.5. The molecule has 4 heteroatoms. The summed E-state index contributed by atoms with van der Waals surface area (Å²) in [6.07, 6.45) is 0. The molecule has 3 aromatic carbocycles. The van der Waals surface area contributed by atoms with Crippen molar-refractivity contribution in [3.8, 4) is 28.5 Å². The fourth-order valence-electron chi connectivity index (χ4n) is 3.18. The molecule has 1 heterocycles. The monoisotopic (exact) mass is 406 g/mol. The summed E-state index contributed by atoms with van der Waals surface area (Å²) in [6, 6.07) is 33.1. The van der Waals surface area contributed by atoms with E-state index in [1.807, 2.05) is 84.9 Å². The fraction of sp³-hybridized carbons (Fsp3) is 0.0385. The maximum Gasteiger partial charge on any atom is 0.173 e. The van der Waals surface area contributed by atoms with E-state index in [0.717, 1.165) is 22.4 Å². The Morgan fingerprint density at radius 3 is 2.00 bits per heavy atom. The van der Waals surface area contributed by atoms with Crippen molar-refractivity contribution in [1.29, 1.82) is 5.26 Å². The van der Waals surface area contributed by atoms with Gasteiger partial charge in [-0.2, -0.15) is 5.26 Å². The Labute approximate surface area is 180 Å². The SMILES string of the molecule is N#Cc1c(-c2ccccc2)cc(-c2ccccc2)nc1SCC(=O)c1ccccc1. The third-order valence-electron chi connectivity index (χ3n) is 4.69. The minimum atomic E-state index is 0.0117. The highest BCUT2D eigenvalue weighted by Gasteiger charge is 2.17. The molecule has 3 nitrogen and oxygen atoms in total. The van der Waals surface area contributed by atoms with Crippen LogP contribution < -0.4 is 0 Å². The van der Waals surface area contributed by atoms with E-state index in [4.69, 9.17) is 4.98 Å². The summed E-state index contributed by atoms with van der Waals surface area (Å²) in [5, 5.41) is 10.5. The molecule has 4 aromatic rings. The molecule has 0 N–H and O–H groups in total. The van der Waals surface area contributed by atoms with Gasteiger partial charge in [0.1, 0.15) is 11.1 Å². The zero-order valence-electron chi connectivity index (χ0n) is 16.2. The van der Waals surface area contributed by atoms with Gasteiger partial charge in [-0.25, -0.2) is 4.98 Å². The Hall–Kier alpha value is -3.68. The van der Waals surface area contributed by atoms with Gasteiger partial charge in [-0.3, -0.25) is 4.79 Å². The first-order chi connectivity index (χ1) is 14.8. The topological polar surface area (TPSA) is 53.8 Å². The number of carbonyl (C=O) groups is 1. The normalized spacial score (nSPS) is 10.4. The predicted molar refractivity (Wildman–Crippen MR) is 121 cm³/mol. The van der Waals surface area contributed by atoms with Crippen LogP contribution in [0.5, 0.6) is 0 Å². The quantitative estimate of drug-likeness (QED) is 0.280. The van der Waals surface area contributed by atoms with Crippen molar-refractivity contribution in [2.24, 2.45) is 0 Å². The Bertz CT molecular complexity index is 1200. The standard InChI is InChI=1S/C26H18N2OS/c27-17-23-22(19-10-4-1-5-11-19)16-24(20-12-6-2-7-13-20)28-26(23)30-18-25(29)21-14-8-3-9-15-21/h1-16H,18H2. The molecule has 0 saturated heterocycles. The van der Waals surface area contributed by atoms with Crippen LogP contribution in [0.1, 0.15) is 15.9 Å². The number of ketones is 1. The molecular formula is C26H18N2OS. The molecule has 4 rings (SSSR count). The summed E-state index contributed by atoms with van der Waals surface area (Å²) in [7, 11) is 0. The van der Waals surface area contributed by atoms with Crippen molar-refractivity contribution in [1.82, 2.24) is 4.98 Å². The highest BCUT2D eigenvalue weighted by Crippen LogP contribution is 2.34. The number of Topliss-reactive ketones (excluding diaryl/α,β-unsaturated/α-hetero) is 1. The number of hydrogen-bond acceptors (Lipinski definition) is 4. The van der Waals surface area contributed by atoms with Gasteiger partial charge in [-0.15, -0.1) is 0 Å². The number of nitrogens with zero attached hydrogens (tertiary/aromatic N) is 2. The third kappa shape index (κ3) is 4.32. The molecule has 144 valence electrons. The average Bonchev–Trinajstić information content (AvgIpc) is 2.83. The van der Waals surface area contributed by atoms with E-state index in [1.54, 1.807) is 12.1 Å². The van der Waals surface area contributed by atoms with Gasteiger partial charge in [0, 0.05) is 16.7 Å². The third-order valence-corrected chi connectivity index (χ3v) is 5.66. The summed E-state index contributed by atoms with van der Waals surface area (Å²) in [5.74, 6) is 0.232. The van der Waals surface area contributed by atoms with E-state index in [0.29, 0.717) is 16.2 Å². The van der Waals surface area contributed by atoms with Crippen molar-refractivity contribution in [3.63, 3.8) is 0 Å². The summed E-state index contributed by atoms with van der Waals surface area (Å²) in [5.41, 5.74) is 4.67. The zero-order chi connectivity index (χ0) is 20.8. The largest absolute Gasteiger partial charge is 0.293 e. The molecule has 0 amide bonds. The van der Waals surface area contributed by atoms with Crippen molar-refractivity contribution in [3.05, 3.63) is 108 Å². The molecule has 1 aromatic heterocycles. The number of carbonyl (C=O) groups excluding carboxylic acids is 1. The molecule has 0 aliphatic rings. The number of pyridine rings is 1. The number of rotatable bonds is 6. The van der Waals surface area contributed by atoms with Gasteiger partial charge in [0.25, 0.3) is 0 Å². The molecule has 0 bridgehead atoms. The van der Waals surface area contributed by atoms with Crippen molar-refractivity contribution in [2.75, 3.05) is 5.75 Å². The lowest BCUT2D eigenvalue weighted by molar-refractivity contribution is 0.102. The number of aromatic nitrogens is 1. The van der Waals surface area contributed by atoms with E-state index in [2.05, 4.69) is 6.07 Å². The van der Waals surface area contributed by atoms with Gasteiger partial charge in [0.2, 0.25) is 0 Å². The number of nitriles is 1. The molecular weight excluding hydrogens is 388 g/mol. The van der Waals surface area contributed by atoms with E-state index < -0.39 is 0 Å². The van der Waals surface area contributed by atoms with Crippen LogP contribution in [-0.4, -0.2) is 16.5 Å². The summed E-state index contributed by atoms with van der Waals surface area (Å²) in [4.78, 5) is 17.3. The van der Waals surface area contributed by atoms with Crippen LogP contribution in [0.4, 0.5) is 0 Å². The first-order valence-electron chi connectivity index (χ1n) is 9.53. The van der Waals surface area contributed by atoms with Crippen LogP contribution in [0, 0.1) is 11.3 Å². The lowest BCUT2D eigenvalue weighted by atomic mass is 9.99.